The smallest absolute Gasteiger partial charge is 0.138 e. The average molecular weight is 355 g/mol. The number of Topliss-reactive ketones (excluding diaryl/α,β-unsaturated/α-hetero) is 1. The fraction of sp³-hybridized carbons (Fsp3) is 0.864. The third-order valence-corrected chi connectivity index (χ3v) is 10.6. The highest BCUT2D eigenvalue weighted by atomic mass is 16.5. The molecule has 2 saturated heterocycles. The average Bonchev–Trinajstić information content (AvgIpc) is 3.05. The molecule has 0 amide bonds. The maximum atomic E-state index is 13.7. The summed E-state index contributed by atoms with van der Waals surface area (Å²) in [6, 6.07) is 0.336. The van der Waals surface area contributed by atoms with Crippen molar-refractivity contribution >= 4 is 5.78 Å². The molecule has 140 valence electrons. The Kier molecular flexibility index (Phi) is 2.35. The van der Waals surface area contributed by atoms with Crippen LogP contribution in [0.5, 0.6) is 0 Å². The van der Waals surface area contributed by atoms with Gasteiger partial charge in [-0.3, -0.25) is 9.69 Å². The lowest BCUT2D eigenvalue weighted by molar-refractivity contribution is -0.282. The summed E-state index contributed by atoms with van der Waals surface area (Å²) in [6.45, 7) is 8.43. The van der Waals surface area contributed by atoms with Crippen molar-refractivity contribution in [2.75, 3.05) is 13.2 Å². The number of ether oxygens (including phenoxy) is 1. The van der Waals surface area contributed by atoms with Gasteiger partial charge in [-0.2, -0.15) is 0 Å². The summed E-state index contributed by atoms with van der Waals surface area (Å²) in [5.74, 6) is 1.32. The number of carbonyl (C=O) groups is 1. The topological polar surface area (TPSA) is 49.8 Å². The summed E-state index contributed by atoms with van der Waals surface area (Å²) in [7, 11) is 0. The Morgan fingerprint density at radius 3 is 3.00 bits per heavy atom. The number of fused-ring (bicyclic) bond motifs is 4. The van der Waals surface area contributed by atoms with Crippen LogP contribution >= 0.6 is 0 Å². The molecule has 6 aliphatic carbocycles. The van der Waals surface area contributed by atoms with Gasteiger partial charge in [0.15, 0.2) is 0 Å². The van der Waals surface area contributed by atoms with Crippen molar-refractivity contribution in [3.63, 3.8) is 0 Å². The summed E-state index contributed by atoms with van der Waals surface area (Å²) in [6.07, 6.45) is 6.75. The van der Waals surface area contributed by atoms with Crippen molar-refractivity contribution < 1.29 is 14.6 Å². The lowest BCUT2D eigenvalue weighted by Gasteiger charge is -2.70. The zero-order chi connectivity index (χ0) is 17.7. The maximum Gasteiger partial charge on any atom is 0.138 e. The lowest BCUT2D eigenvalue weighted by Crippen LogP contribution is -2.76. The van der Waals surface area contributed by atoms with Gasteiger partial charge in [0, 0.05) is 41.2 Å². The van der Waals surface area contributed by atoms with E-state index >= 15 is 0 Å². The van der Waals surface area contributed by atoms with Crippen LogP contribution in [0.3, 0.4) is 0 Å². The molecule has 0 radical (unpaired) electrons. The SMILES string of the molecule is C=C1C[C@]23CC(=O)[C@@H]4[C@]5(C)CCC[C@]46[C@@H]([C@H]2C[C@H]1C[C@]36O)N1CCO[C@@H]15. The minimum Gasteiger partial charge on any atom is -0.389 e. The van der Waals surface area contributed by atoms with Crippen LogP contribution < -0.4 is 0 Å². The first-order valence-corrected chi connectivity index (χ1v) is 10.7. The van der Waals surface area contributed by atoms with Crippen molar-refractivity contribution in [1.82, 2.24) is 4.90 Å². The van der Waals surface area contributed by atoms with Gasteiger partial charge in [0.25, 0.3) is 0 Å². The highest BCUT2D eigenvalue weighted by Gasteiger charge is 2.88. The standard InChI is InChI=1S/C22H29NO3/c1-12-9-20-11-15(24)16-19(2)4-3-5-21(16)17(23-6-7-26-18(19)23)14(20)8-13(12)10-22(20,21)25/h13-14,16-18,25H,1,3-11H2,2H3/t13-,14+,16+,17+,18+,19-,20-,21+,22-/m0/s1. The Hall–Kier alpha value is -0.710. The monoisotopic (exact) mass is 355 g/mol. The molecule has 4 heteroatoms. The fourth-order valence-corrected chi connectivity index (χ4v) is 10.2. The van der Waals surface area contributed by atoms with Gasteiger partial charge in [-0.25, -0.2) is 0 Å². The molecular weight excluding hydrogens is 326 g/mol. The van der Waals surface area contributed by atoms with Crippen molar-refractivity contribution in [3.05, 3.63) is 12.2 Å². The zero-order valence-corrected chi connectivity index (χ0v) is 15.7. The third kappa shape index (κ3) is 1.15. The van der Waals surface area contributed by atoms with Crippen LogP contribution in [0.25, 0.3) is 0 Å². The van der Waals surface area contributed by atoms with Crippen molar-refractivity contribution in [2.45, 2.75) is 69.7 Å². The first-order chi connectivity index (χ1) is 12.4. The maximum absolute atomic E-state index is 13.7. The van der Waals surface area contributed by atoms with Gasteiger partial charge in [0.1, 0.15) is 12.0 Å². The number of rotatable bonds is 0. The molecule has 2 heterocycles. The molecule has 0 unspecified atom stereocenters. The second-order valence-corrected chi connectivity index (χ2v) is 11.0. The van der Waals surface area contributed by atoms with Crippen LogP contribution in [0, 0.1) is 34.0 Å². The summed E-state index contributed by atoms with van der Waals surface area (Å²) in [4.78, 5) is 16.3. The van der Waals surface area contributed by atoms with E-state index in [4.69, 9.17) is 4.74 Å². The molecule has 0 aromatic carbocycles. The second-order valence-electron chi connectivity index (χ2n) is 11.0. The molecule has 8 fully saturated rings. The number of aliphatic hydroxyl groups is 1. The summed E-state index contributed by atoms with van der Waals surface area (Å²) < 4.78 is 6.30. The molecule has 6 saturated carbocycles. The van der Waals surface area contributed by atoms with E-state index in [2.05, 4.69) is 18.4 Å². The predicted molar refractivity (Wildman–Crippen MR) is 95.1 cm³/mol. The molecular formula is C22H29NO3. The molecule has 6 bridgehead atoms. The van der Waals surface area contributed by atoms with Gasteiger partial charge < -0.3 is 9.84 Å². The van der Waals surface area contributed by atoms with Crippen LogP contribution in [-0.4, -0.2) is 46.8 Å². The van der Waals surface area contributed by atoms with Gasteiger partial charge in [0.2, 0.25) is 0 Å². The summed E-state index contributed by atoms with van der Waals surface area (Å²) >= 11 is 0. The molecule has 2 aliphatic heterocycles. The first kappa shape index (κ1) is 15.2. The van der Waals surface area contributed by atoms with Crippen molar-refractivity contribution in [1.29, 1.82) is 0 Å². The first-order valence-electron chi connectivity index (χ1n) is 10.7. The number of piperidine rings is 1. The molecule has 4 nitrogen and oxygen atoms in total. The minimum atomic E-state index is -0.673. The van der Waals surface area contributed by atoms with Crippen LogP contribution in [-0.2, 0) is 9.53 Å². The molecule has 2 spiro atoms. The molecule has 0 aromatic rings. The Labute approximate surface area is 155 Å². The van der Waals surface area contributed by atoms with E-state index in [1.54, 1.807) is 0 Å². The number of ketones is 1. The molecule has 9 atom stereocenters. The normalized spacial score (nSPS) is 64.8. The zero-order valence-electron chi connectivity index (χ0n) is 15.7. The van der Waals surface area contributed by atoms with Gasteiger partial charge in [0.05, 0.1) is 12.2 Å². The Bertz CT molecular complexity index is 779. The van der Waals surface area contributed by atoms with Crippen LogP contribution in [0.1, 0.15) is 51.9 Å². The lowest BCUT2D eigenvalue weighted by atomic mass is 9.37. The number of carbonyl (C=O) groups excluding carboxylic acids is 1. The van der Waals surface area contributed by atoms with E-state index in [1.165, 1.54) is 5.57 Å². The number of hydrogen-bond acceptors (Lipinski definition) is 4. The molecule has 26 heavy (non-hydrogen) atoms. The van der Waals surface area contributed by atoms with Crippen LogP contribution in [0.2, 0.25) is 0 Å². The molecule has 1 N–H and O–H groups in total. The van der Waals surface area contributed by atoms with Gasteiger partial charge >= 0.3 is 0 Å². The quantitative estimate of drug-likeness (QED) is 0.679. The largest absolute Gasteiger partial charge is 0.389 e. The van der Waals surface area contributed by atoms with Crippen LogP contribution in [0.4, 0.5) is 0 Å². The summed E-state index contributed by atoms with van der Waals surface area (Å²) in [5.41, 5.74) is 0.0210. The van der Waals surface area contributed by atoms with Crippen molar-refractivity contribution in [3.8, 4) is 0 Å². The van der Waals surface area contributed by atoms with Gasteiger partial charge in [-0.1, -0.05) is 25.5 Å². The van der Waals surface area contributed by atoms with E-state index in [9.17, 15) is 9.90 Å². The van der Waals surface area contributed by atoms with Crippen molar-refractivity contribution in [2.24, 2.45) is 34.0 Å². The third-order valence-electron chi connectivity index (χ3n) is 10.6. The Balaban J connectivity index is 1.57. The van der Waals surface area contributed by atoms with E-state index in [-0.39, 0.29) is 28.4 Å². The molecule has 8 rings (SSSR count). The van der Waals surface area contributed by atoms with Crippen LogP contribution in [0.15, 0.2) is 12.2 Å². The Morgan fingerprint density at radius 2 is 2.15 bits per heavy atom. The molecule has 0 aromatic heterocycles. The fourth-order valence-electron chi connectivity index (χ4n) is 10.2. The minimum absolute atomic E-state index is 0.0126. The van der Waals surface area contributed by atoms with Gasteiger partial charge in [-0.05, 0) is 43.9 Å². The number of nitrogens with zero attached hydrogens (tertiary/aromatic N) is 1. The van der Waals surface area contributed by atoms with E-state index in [0.717, 1.165) is 51.7 Å². The number of allylic oxidation sites excluding steroid dienone is 1. The highest BCUT2D eigenvalue weighted by Crippen LogP contribution is 2.84. The molecule has 8 aliphatic rings. The van der Waals surface area contributed by atoms with E-state index in [0.29, 0.717) is 30.1 Å². The van der Waals surface area contributed by atoms with E-state index < -0.39 is 5.60 Å². The summed E-state index contributed by atoms with van der Waals surface area (Å²) in [5, 5.41) is 12.5. The predicted octanol–water partition coefficient (Wildman–Crippen LogP) is 2.51. The highest BCUT2D eigenvalue weighted by molar-refractivity contribution is 5.87. The Morgan fingerprint density at radius 1 is 1.31 bits per heavy atom. The number of hydrogen-bond donors (Lipinski definition) is 1. The second kappa shape index (κ2) is 4.01. The van der Waals surface area contributed by atoms with E-state index in [1.807, 2.05) is 0 Å². The van der Waals surface area contributed by atoms with Gasteiger partial charge in [-0.15, -0.1) is 0 Å².